The van der Waals surface area contributed by atoms with Gasteiger partial charge in [-0.25, -0.2) is 0 Å². The summed E-state index contributed by atoms with van der Waals surface area (Å²) in [5.41, 5.74) is 8.31. The molecule has 0 aliphatic heterocycles. The molecule has 82 valence electrons. The zero-order valence-electron chi connectivity index (χ0n) is 9.62. The second-order valence-corrected chi connectivity index (χ2v) is 3.23. The van der Waals surface area contributed by atoms with Gasteiger partial charge >= 0.3 is 0 Å². The zero-order valence-corrected chi connectivity index (χ0v) is 9.62. The average Bonchev–Trinajstić information content (AvgIpc) is 2.07. The highest BCUT2D eigenvalue weighted by molar-refractivity contribution is 4.47. The van der Waals surface area contributed by atoms with Gasteiger partial charge in [-0.1, -0.05) is 6.92 Å². The minimum absolute atomic E-state index is 1.16. The Morgan fingerprint density at radius 3 is 1.43 bits per heavy atom. The number of hydrogen-bond acceptors (Lipinski definition) is 4. The van der Waals surface area contributed by atoms with Crippen molar-refractivity contribution in [1.82, 2.24) is 0 Å². The first-order valence-electron chi connectivity index (χ1n) is 4.47. The van der Waals surface area contributed by atoms with Gasteiger partial charge in [0.15, 0.2) is 12.4 Å². The van der Waals surface area contributed by atoms with E-state index in [0.29, 0.717) is 0 Å². The molecule has 5 nitrogen and oxygen atoms in total. The van der Waals surface area contributed by atoms with Crippen molar-refractivity contribution < 1.29 is 4.48 Å². The number of nitrogens with zero attached hydrogens (tertiary/aromatic N) is 3. The van der Waals surface area contributed by atoms with Gasteiger partial charge in [0, 0.05) is 0 Å². The van der Waals surface area contributed by atoms with Crippen molar-refractivity contribution in [3.05, 3.63) is 0 Å². The summed E-state index contributed by atoms with van der Waals surface area (Å²) in [6.45, 7) is 7.01. The fourth-order valence-corrected chi connectivity index (χ4v) is 0.763. The van der Waals surface area contributed by atoms with Crippen molar-refractivity contribution in [2.75, 3.05) is 27.2 Å². The first-order chi connectivity index (χ1) is 6.45. The zero-order chi connectivity index (χ0) is 12.0. The second-order valence-electron chi connectivity index (χ2n) is 3.23. The first kappa shape index (κ1) is 18.3. The molecule has 0 radical (unpaired) electrons. The highest BCUT2D eigenvalue weighted by Crippen LogP contribution is 1.95. The summed E-state index contributed by atoms with van der Waals surface area (Å²) >= 11 is 0. The number of nitrogens with two attached hydrogens (primary N) is 2. The van der Waals surface area contributed by atoms with Gasteiger partial charge in [-0.05, 0) is 13.3 Å². The minimum atomic E-state index is 1.16. The van der Waals surface area contributed by atoms with Crippen LogP contribution in [0.25, 0.3) is 0 Å². The molecule has 0 aromatic rings. The lowest BCUT2D eigenvalue weighted by Gasteiger charge is -2.27. The lowest BCUT2D eigenvalue weighted by Crippen LogP contribution is -2.39. The number of rotatable bonds is 3. The van der Waals surface area contributed by atoms with Gasteiger partial charge in [-0.3, -0.25) is 0 Å². The van der Waals surface area contributed by atoms with Crippen molar-refractivity contribution in [2.45, 2.75) is 20.3 Å². The highest BCUT2D eigenvalue weighted by atomic mass is 15.3. The number of nitriles is 2. The molecule has 0 rings (SSSR count). The largest absolute Gasteiger partial charge is 0.337 e. The van der Waals surface area contributed by atoms with E-state index in [1.54, 1.807) is 0 Å². The van der Waals surface area contributed by atoms with E-state index in [2.05, 4.69) is 39.4 Å². The summed E-state index contributed by atoms with van der Waals surface area (Å²) < 4.78 is 1.16. The molecule has 5 heteroatoms. The van der Waals surface area contributed by atoms with Crippen LogP contribution in [0.5, 0.6) is 0 Å². The SMILES string of the molecule is CCC[N+](C)(C)CC.N#CN.N#CN. The summed E-state index contributed by atoms with van der Waals surface area (Å²) in [6, 6.07) is 0. The fourth-order valence-electron chi connectivity index (χ4n) is 0.763. The van der Waals surface area contributed by atoms with E-state index in [4.69, 9.17) is 10.5 Å². The molecule has 0 heterocycles. The third kappa shape index (κ3) is 31.3. The molecule has 0 aromatic heterocycles. The fraction of sp³-hybridized carbons (Fsp3) is 0.778. The van der Waals surface area contributed by atoms with Gasteiger partial charge in [0.2, 0.25) is 0 Å². The lowest BCUT2D eigenvalue weighted by molar-refractivity contribution is -0.888. The Hall–Kier alpha value is -1.46. The molecule has 14 heavy (non-hydrogen) atoms. The quantitative estimate of drug-likeness (QED) is 0.390. The predicted molar refractivity (Wildman–Crippen MR) is 57.4 cm³/mol. The van der Waals surface area contributed by atoms with Crippen LogP contribution in [0.15, 0.2) is 0 Å². The van der Waals surface area contributed by atoms with E-state index in [1.165, 1.54) is 31.9 Å². The van der Waals surface area contributed by atoms with Crippen LogP contribution in [-0.2, 0) is 0 Å². The van der Waals surface area contributed by atoms with Crippen molar-refractivity contribution in [3.63, 3.8) is 0 Å². The minimum Gasteiger partial charge on any atom is -0.337 e. The van der Waals surface area contributed by atoms with E-state index in [9.17, 15) is 0 Å². The number of quaternary nitrogens is 1. The summed E-state index contributed by atoms with van der Waals surface area (Å²) in [5, 5.41) is 14.2. The molecule has 0 aromatic carbocycles. The van der Waals surface area contributed by atoms with Gasteiger partial charge in [-0.2, -0.15) is 10.5 Å². The Morgan fingerprint density at radius 1 is 1.07 bits per heavy atom. The summed E-state index contributed by atoms with van der Waals surface area (Å²) in [5.74, 6) is 0. The summed E-state index contributed by atoms with van der Waals surface area (Å²) in [6.07, 6.45) is 3.79. The Balaban J connectivity index is -0.000000168. The number of hydrogen-bond donors (Lipinski definition) is 2. The molecule has 0 bridgehead atoms. The third-order valence-corrected chi connectivity index (χ3v) is 1.68. The Kier molecular flexibility index (Phi) is 18.5. The molecule has 0 unspecified atom stereocenters. The van der Waals surface area contributed by atoms with Crippen LogP contribution in [0.4, 0.5) is 0 Å². The lowest BCUT2D eigenvalue weighted by atomic mass is 10.4. The topological polar surface area (TPSA) is 99.6 Å². The van der Waals surface area contributed by atoms with Gasteiger partial charge in [-0.15, -0.1) is 0 Å². The first-order valence-corrected chi connectivity index (χ1v) is 4.47. The Morgan fingerprint density at radius 2 is 1.36 bits per heavy atom. The van der Waals surface area contributed by atoms with Gasteiger partial charge in [0.25, 0.3) is 0 Å². The summed E-state index contributed by atoms with van der Waals surface area (Å²) in [4.78, 5) is 0. The molecule has 4 N–H and O–H groups in total. The van der Waals surface area contributed by atoms with E-state index in [-0.39, 0.29) is 0 Å². The average molecular weight is 200 g/mol. The van der Waals surface area contributed by atoms with Crippen LogP contribution < -0.4 is 11.5 Å². The maximum Gasteiger partial charge on any atom is 0.173 e. The van der Waals surface area contributed by atoms with Crippen LogP contribution in [-0.4, -0.2) is 31.7 Å². The van der Waals surface area contributed by atoms with Crippen molar-refractivity contribution in [2.24, 2.45) is 11.5 Å². The predicted octanol–water partition coefficient (Wildman–Crippen LogP) is 0.345. The van der Waals surface area contributed by atoms with E-state index < -0.39 is 0 Å². The van der Waals surface area contributed by atoms with Crippen LogP contribution in [0.2, 0.25) is 0 Å². The standard InChI is InChI=1S/C7H18N.2CH2N2/c1-5-7-8(3,4)6-2;2*2-1-3/h5-7H2,1-4H3;2*2H2/q+1;;. The van der Waals surface area contributed by atoms with Crippen LogP contribution >= 0.6 is 0 Å². The Bertz CT molecular complexity index is 163. The molecule has 0 spiro atoms. The monoisotopic (exact) mass is 200 g/mol. The molecule has 0 saturated carbocycles. The van der Waals surface area contributed by atoms with Crippen molar-refractivity contribution in [3.8, 4) is 12.4 Å². The van der Waals surface area contributed by atoms with Gasteiger partial charge < -0.3 is 16.0 Å². The molecule has 0 amide bonds. The maximum absolute atomic E-state index is 7.10. The Labute approximate surface area is 87.1 Å². The second kappa shape index (κ2) is 14.1. The highest BCUT2D eigenvalue weighted by Gasteiger charge is 2.07. The van der Waals surface area contributed by atoms with Crippen molar-refractivity contribution >= 4 is 0 Å². The van der Waals surface area contributed by atoms with Crippen LogP contribution in [0, 0.1) is 22.9 Å². The molecule has 0 aliphatic carbocycles. The molecular formula is C9H22N5+. The van der Waals surface area contributed by atoms with Crippen molar-refractivity contribution in [1.29, 1.82) is 10.5 Å². The third-order valence-electron chi connectivity index (χ3n) is 1.68. The normalized spacial score (nSPS) is 7.86. The molecule has 0 atom stereocenters. The smallest absolute Gasteiger partial charge is 0.173 e. The van der Waals surface area contributed by atoms with Crippen LogP contribution in [0.1, 0.15) is 20.3 Å². The van der Waals surface area contributed by atoms with E-state index in [1.807, 2.05) is 0 Å². The maximum atomic E-state index is 7.10. The summed E-state index contributed by atoms with van der Waals surface area (Å²) in [7, 11) is 4.53. The van der Waals surface area contributed by atoms with E-state index in [0.717, 1.165) is 4.48 Å². The molecular weight excluding hydrogens is 178 g/mol. The molecule has 0 fully saturated rings. The van der Waals surface area contributed by atoms with Gasteiger partial charge in [0.05, 0.1) is 27.2 Å². The molecule has 0 saturated heterocycles. The van der Waals surface area contributed by atoms with Gasteiger partial charge in [0.1, 0.15) is 0 Å². The molecule has 0 aliphatic rings. The van der Waals surface area contributed by atoms with Crippen LogP contribution in [0.3, 0.4) is 0 Å². The van der Waals surface area contributed by atoms with E-state index >= 15 is 0 Å².